The van der Waals surface area contributed by atoms with Crippen molar-refractivity contribution in [2.75, 3.05) is 44.7 Å². The number of anilines is 1. The molecule has 5 rings (SSSR count). The highest BCUT2D eigenvalue weighted by molar-refractivity contribution is 5.76. The maximum absolute atomic E-state index is 15.0. The molecule has 1 unspecified atom stereocenters. The highest BCUT2D eigenvalue weighted by Crippen LogP contribution is 2.38. The topological polar surface area (TPSA) is 86.8 Å². The van der Waals surface area contributed by atoms with Crippen LogP contribution in [0.3, 0.4) is 0 Å². The average Bonchev–Trinajstić information content (AvgIpc) is 3.54. The lowest BCUT2D eigenvalue weighted by Crippen LogP contribution is -2.54. The number of benzene rings is 2. The number of pyridine rings is 1. The summed E-state index contributed by atoms with van der Waals surface area (Å²) in [5.41, 5.74) is -1.13. The smallest absolute Gasteiger partial charge is 0.416 e. The van der Waals surface area contributed by atoms with Crippen LogP contribution in [0.5, 0.6) is 0 Å². The van der Waals surface area contributed by atoms with Crippen LogP contribution >= 0.6 is 0 Å². The Kier molecular flexibility index (Phi) is 9.91. The molecule has 240 valence electrons. The zero-order valence-electron chi connectivity index (χ0n) is 25.1. The predicted octanol–water partition coefficient (Wildman–Crippen LogP) is 5.26. The van der Waals surface area contributed by atoms with Gasteiger partial charge in [0.1, 0.15) is 11.4 Å². The fourth-order valence-corrected chi connectivity index (χ4v) is 6.14. The van der Waals surface area contributed by atoms with Crippen molar-refractivity contribution in [3.8, 4) is 0 Å². The number of rotatable bonds is 9. The number of nitrogens with one attached hydrogen (secondary N) is 2. The molecule has 1 atom stereocenters. The van der Waals surface area contributed by atoms with Crippen LogP contribution in [0.2, 0.25) is 0 Å². The van der Waals surface area contributed by atoms with E-state index in [9.17, 15) is 27.2 Å². The van der Waals surface area contributed by atoms with Crippen LogP contribution in [0.4, 0.5) is 28.0 Å². The van der Waals surface area contributed by atoms with E-state index in [0.717, 1.165) is 43.5 Å². The van der Waals surface area contributed by atoms with Crippen LogP contribution in [-0.4, -0.2) is 67.8 Å². The maximum atomic E-state index is 15.0. The number of nitrogens with zero attached hydrogens (tertiary/aromatic N) is 3. The van der Waals surface area contributed by atoms with E-state index >= 15 is 0 Å². The van der Waals surface area contributed by atoms with Crippen molar-refractivity contribution in [1.29, 1.82) is 0 Å². The number of aromatic nitrogens is 1. The number of amides is 2. The number of hydrogen-bond acceptors (Lipinski definition) is 6. The van der Waals surface area contributed by atoms with Crippen molar-refractivity contribution in [1.82, 2.24) is 20.5 Å². The van der Waals surface area contributed by atoms with Crippen LogP contribution in [0.1, 0.15) is 48.1 Å². The number of carbonyl (C=O) groups excluding carboxylic acids is 2. The second-order valence-electron chi connectivity index (χ2n) is 11.6. The summed E-state index contributed by atoms with van der Waals surface area (Å²) in [7, 11) is 1.35. The van der Waals surface area contributed by atoms with Crippen LogP contribution in [-0.2, 0) is 27.7 Å². The van der Waals surface area contributed by atoms with Gasteiger partial charge in [0.2, 0.25) is 0 Å². The summed E-state index contributed by atoms with van der Waals surface area (Å²) in [5, 5.41) is 5.93. The molecule has 1 saturated heterocycles. The first-order valence-electron chi connectivity index (χ1n) is 15.1. The number of ether oxygens (including phenoxy) is 1. The molecule has 2 heterocycles. The van der Waals surface area contributed by atoms with Gasteiger partial charge < -0.3 is 20.3 Å². The highest BCUT2D eigenvalue weighted by Gasteiger charge is 2.41. The van der Waals surface area contributed by atoms with Crippen LogP contribution in [0.15, 0.2) is 66.9 Å². The van der Waals surface area contributed by atoms with Crippen molar-refractivity contribution < 1.29 is 31.9 Å². The van der Waals surface area contributed by atoms with Crippen LogP contribution < -0.4 is 15.5 Å². The molecule has 3 aromatic rings. The van der Waals surface area contributed by atoms with E-state index < -0.39 is 29.1 Å². The van der Waals surface area contributed by atoms with Crippen molar-refractivity contribution >= 4 is 17.7 Å². The Hall–Kier alpha value is -4.19. The second kappa shape index (κ2) is 13.8. The Labute approximate surface area is 259 Å². The van der Waals surface area contributed by atoms with Crippen LogP contribution in [0, 0.1) is 5.82 Å². The minimum absolute atomic E-state index is 0.0191. The molecule has 2 amide bonds. The van der Waals surface area contributed by atoms with E-state index in [1.165, 1.54) is 7.11 Å². The molecule has 0 radical (unpaired) electrons. The van der Waals surface area contributed by atoms with Crippen molar-refractivity contribution in [2.24, 2.45) is 0 Å². The monoisotopic (exact) mass is 627 g/mol. The fourth-order valence-electron chi connectivity index (χ4n) is 6.14. The Balaban J connectivity index is 1.54. The zero-order chi connectivity index (χ0) is 32.0. The number of esters is 1. The third-order valence-electron chi connectivity index (χ3n) is 8.55. The molecular formula is C33H37F4N5O3. The first-order chi connectivity index (χ1) is 21.6. The Morgan fingerprint density at radius 1 is 0.956 bits per heavy atom. The Morgan fingerprint density at radius 3 is 2.27 bits per heavy atom. The molecule has 1 aliphatic carbocycles. The van der Waals surface area contributed by atoms with Gasteiger partial charge in [-0.3, -0.25) is 14.7 Å². The Morgan fingerprint density at radius 2 is 1.64 bits per heavy atom. The van der Waals surface area contributed by atoms with E-state index in [1.807, 2.05) is 11.0 Å². The first kappa shape index (κ1) is 32.2. The minimum Gasteiger partial charge on any atom is -0.468 e. The van der Waals surface area contributed by atoms with Gasteiger partial charge in [0.05, 0.1) is 36.8 Å². The van der Waals surface area contributed by atoms with E-state index in [0.29, 0.717) is 37.8 Å². The van der Waals surface area contributed by atoms with Crippen molar-refractivity contribution in [3.05, 3.63) is 95.1 Å². The van der Waals surface area contributed by atoms with Crippen molar-refractivity contribution in [2.45, 2.75) is 49.9 Å². The molecule has 45 heavy (non-hydrogen) atoms. The number of hydrogen-bond donors (Lipinski definition) is 2. The van der Waals surface area contributed by atoms with Gasteiger partial charge in [-0.25, -0.2) is 9.18 Å². The lowest BCUT2D eigenvalue weighted by Gasteiger charge is -2.37. The molecule has 0 bridgehead atoms. The number of piperazine rings is 1. The molecule has 2 aliphatic rings. The first-order valence-corrected chi connectivity index (χ1v) is 15.1. The molecule has 1 saturated carbocycles. The normalized spacial score (nSPS) is 17.5. The summed E-state index contributed by atoms with van der Waals surface area (Å²) in [4.78, 5) is 34.0. The summed E-state index contributed by atoms with van der Waals surface area (Å²) < 4.78 is 61.6. The molecule has 2 aromatic carbocycles. The van der Waals surface area contributed by atoms with Gasteiger partial charge in [0.15, 0.2) is 0 Å². The molecule has 2 fully saturated rings. The quantitative estimate of drug-likeness (QED) is 0.249. The molecule has 12 heteroatoms. The average molecular weight is 628 g/mol. The third kappa shape index (κ3) is 7.91. The van der Waals surface area contributed by atoms with E-state index in [2.05, 4.69) is 15.5 Å². The minimum atomic E-state index is -4.81. The van der Waals surface area contributed by atoms with Gasteiger partial charge in [-0.2, -0.15) is 13.2 Å². The van der Waals surface area contributed by atoms with Crippen molar-refractivity contribution in [3.63, 3.8) is 0 Å². The zero-order valence-corrected chi connectivity index (χ0v) is 25.1. The van der Waals surface area contributed by atoms with Gasteiger partial charge in [0.25, 0.3) is 0 Å². The number of methoxy groups -OCH3 is 1. The van der Waals surface area contributed by atoms with Gasteiger partial charge in [0, 0.05) is 38.6 Å². The summed E-state index contributed by atoms with van der Waals surface area (Å²) in [5.74, 6) is -1.38. The third-order valence-corrected chi connectivity index (χ3v) is 8.55. The molecule has 1 aliphatic heterocycles. The molecule has 2 N–H and O–H groups in total. The highest BCUT2D eigenvalue weighted by atomic mass is 19.4. The largest absolute Gasteiger partial charge is 0.468 e. The maximum Gasteiger partial charge on any atom is 0.416 e. The Bertz CT molecular complexity index is 1460. The lowest BCUT2D eigenvalue weighted by molar-refractivity contribution is -0.142. The summed E-state index contributed by atoms with van der Waals surface area (Å²) in [6.07, 6.45) is 0.373. The number of urea groups is 1. The van der Waals surface area contributed by atoms with Gasteiger partial charge in [-0.05, 0) is 54.3 Å². The lowest BCUT2D eigenvalue weighted by atomic mass is 9.79. The number of alkyl halides is 3. The summed E-state index contributed by atoms with van der Waals surface area (Å²) in [6, 6.07) is 14.2. The standard InChI is InChI=1S/C33H37F4N5O3/c1-45-30(43)22-41-13-15-42(16-14-41)28-11-12-29(38-21-28)32(20-23-7-3-2-4-8-23,40-31(44)39-27-9-5-6-10-27)24-17-25(33(35,36)37)19-26(34)18-24/h2-4,7-8,11-12,17-19,21,27H,5-6,9-10,13-16,20,22H2,1H3,(H2,39,40,44). The van der Waals surface area contributed by atoms with Gasteiger partial charge >= 0.3 is 18.2 Å². The van der Waals surface area contributed by atoms with Crippen LogP contribution in [0.25, 0.3) is 0 Å². The molecule has 8 nitrogen and oxygen atoms in total. The molecule has 1 aromatic heterocycles. The number of halogens is 4. The second-order valence-corrected chi connectivity index (χ2v) is 11.6. The summed E-state index contributed by atoms with van der Waals surface area (Å²) >= 11 is 0. The van der Waals surface area contributed by atoms with Gasteiger partial charge in [-0.15, -0.1) is 0 Å². The van der Waals surface area contributed by atoms with E-state index in [4.69, 9.17) is 9.72 Å². The number of carbonyl (C=O) groups is 2. The predicted molar refractivity (Wildman–Crippen MR) is 161 cm³/mol. The fraction of sp³-hybridized carbons (Fsp3) is 0.424. The SMILES string of the molecule is COC(=O)CN1CCN(c2ccc(C(Cc3ccccc3)(NC(=O)NC3CCCC3)c3cc(F)cc(C(F)(F)F)c3)nc2)CC1. The molecule has 0 spiro atoms. The van der Waals surface area contributed by atoms with Gasteiger partial charge in [-0.1, -0.05) is 43.2 Å². The van der Waals surface area contributed by atoms with E-state index in [-0.39, 0.29) is 36.2 Å². The molecular weight excluding hydrogens is 590 g/mol. The summed E-state index contributed by atoms with van der Waals surface area (Å²) in [6.45, 7) is 2.69. The van der Waals surface area contributed by atoms with E-state index in [1.54, 1.807) is 42.6 Å².